The van der Waals surface area contributed by atoms with E-state index in [4.69, 9.17) is 5.21 Å². The largest absolute Gasteiger partial charge is 0.416 e. The molecule has 3 N–H and O–H groups in total. The van der Waals surface area contributed by atoms with Crippen molar-refractivity contribution in [1.29, 1.82) is 0 Å². The van der Waals surface area contributed by atoms with Crippen molar-refractivity contribution < 1.29 is 28.0 Å². The third kappa shape index (κ3) is 4.88. The average molecular weight is 351 g/mol. The molecule has 1 aromatic heterocycles. The van der Waals surface area contributed by atoms with Gasteiger partial charge in [0.2, 0.25) is 0 Å². The normalized spacial score (nSPS) is 11.4. The number of aromatic nitrogens is 1. The second-order valence-corrected chi connectivity index (χ2v) is 4.78. The Kier molecular flexibility index (Phi) is 5.50. The van der Waals surface area contributed by atoms with Gasteiger partial charge in [-0.3, -0.25) is 19.8 Å². The summed E-state index contributed by atoms with van der Waals surface area (Å²) >= 11 is 0. The highest BCUT2D eigenvalue weighted by Gasteiger charge is 2.30. The minimum absolute atomic E-state index is 0.179. The summed E-state index contributed by atoms with van der Waals surface area (Å²) in [6, 6.07) is 6.95. The second-order valence-electron chi connectivity index (χ2n) is 4.78. The van der Waals surface area contributed by atoms with Crippen molar-refractivity contribution in [3.05, 3.63) is 65.5 Å². The molecule has 6 nitrogen and oxygen atoms in total. The maximum atomic E-state index is 12.7. The van der Waals surface area contributed by atoms with Crippen molar-refractivity contribution in [2.45, 2.75) is 6.18 Å². The standard InChI is InChI=1S/C16H12F3N3O3/c17-16(18,19)11-4-1-3-10(9-11)15(24)21-13-5-2-8-20-12(13)6-7-14(23)22-25/h1-9,25H,(H,21,24)(H,22,23)/b7-6+. The zero-order chi connectivity index (χ0) is 18.4. The van der Waals surface area contributed by atoms with Crippen molar-refractivity contribution in [2.24, 2.45) is 0 Å². The number of benzene rings is 1. The van der Waals surface area contributed by atoms with E-state index >= 15 is 0 Å². The Bertz CT molecular complexity index is 820. The van der Waals surface area contributed by atoms with E-state index in [2.05, 4.69) is 10.3 Å². The van der Waals surface area contributed by atoms with Crippen molar-refractivity contribution in [1.82, 2.24) is 10.5 Å². The van der Waals surface area contributed by atoms with Crippen LogP contribution in [0.5, 0.6) is 0 Å². The Balaban J connectivity index is 2.24. The molecular weight excluding hydrogens is 339 g/mol. The number of alkyl halides is 3. The molecule has 0 saturated carbocycles. The lowest BCUT2D eigenvalue weighted by Crippen LogP contribution is -2.16. The van der Waals surface area contributed by atoms with Crippen LogP contribution in [0.4, 0.5) is 18.9 Å². The van der Waals surface area contributed by atoms with Crippen LogP contribution in [0.2, 0.25) is 0 Å². The molecule has 0 bridgehead atoms. The van der Waals surface area contributed by atoms with E-state index in [0.717, 1.165) is 24.3 Å². The van der Waals surface area contributed by atoms with Gasteiger partial charge >= 0.3 is 6.18 Å². The first-order chi connectivity index (χ1) is 11.8. The summed E-state index contributed by atoms with van der Waals surface area (Å²) in [5, 5.41) is 10.9. The van der Waals surface area contributed by atoms with Gasteiger partial charge in [0.1, 0.15) is 0 Å². The first kappa shape index (κ1) is 18.1. The molecule has 2 amide bonds. The predicted octanol–water partition coefficient (Wildman–Crippen LogP) is 2.87. The van der Waals surface area contributed by atoms with Crippen LogP contribution in [0.25, 0.3) is 6.08 Å². The molecule has 0 unspecified atom stereocenters. The maximum Gasteiger partial charge on any atom is 0.416 e. The molecule has 9 heteroatoms. The molecule has 0 spiro atoms. The SMILES string of the molecule is O=C(/C=C/c1ncccc1NC(=O)c1cccc(C(F)(F)F)c1)NO. The lowest BCUT2D eigenvalue weighted by atomic mass is 10.1. The first-order valence-electron chi connectivity index (χ1n) is 6.87. The van der Waals surface area contributed by atoms with Crippen LogP contribution in [0.3, 0.4) is 0 Å². The number of halogens is 3. The number of hydrogen-bond donors (Lipinski definition) is 3. The monoisotopic (exact) mass is 351 g/mol. The summed E-state index contributed by atoms with van der Waals surface area (Å²) in [5.74, 6) is -1.57. The third-order valence-electron chi connectivity index (χ3n) is 3.04. The van der Waals surface area contributed by atoms with Gasteiger partial charge in [-0.05, 0) is 36.4 Å². The fourth-order valence-corrected chi connectivity index (χ4v) is 1.88. The number of nitrogens with zero attached hydrogens (tertiary/aromatic N) is 1. The summed E-state index contributed by atoms with van der Waals surface area (Å²) in [6.45, 7) is 0. The average Bonchev–Trinajstić information content (AvgIpc) is 2.60. The number of carbonyl (C=O) groups is 2. The maximum absolute atomic E-state index is 12.7. The molecule has 0 aliphatic carbocycles. The lowest BCUT2D eigenvalue weighted by Gasteiger charge is -2.10. The topological polar surface area (TPSA) is 91.3 Å². The van der Waals surface area contributed by atoms with Gasteiger partial charge in [0.25, 0.3) is 11.8 Å². The van der Waals surface area contributed by atoms with Crippen LogP contribution in [0, 0.1) is 0 Å². The molecule has 0 atom stereocenters. The van der Waals surface area contributed by atoms with Crippen molar-refractivity contribution >= 4 is 23.6 Å². The van der Waals surface area contributed by atoms with Crippen molar-refractivity contribution in [3.63, 3.8) is 0 Å². The number of anilines is 1. The van der Waals surface area contributed by atoms with Gasteiger partial charge < -0.3 is 5.32 Å². The van der Waals surface area contributed by atoms with E-state index in [1.165, 1.54) is 36.0 Å². The number of pyridine rings is 1. The van der Waals surface area contributed by atoms with E-state index in [9.17, 15) is 22.8 Å². The number of rotatable bonds is 4. The van der Waals surface area contributed by atoms with Gasteiger partial charge in [0.15, 0.2) is 0 Å². The van der Waals surface area contributed by atoms with Crippen LogP contribution >= 0.6 is 0 Å². The predicted molar refractivity (Wildman–Crippen MR) is 82.6 cm³/mol. The van der Waals surface area contributed by atoms with E-state index in [1.807, 2.05) is 0 Å². The summed E-state index contributed by atoms with van der Waals surface area (Å²) in [7, 11) is 0. The summed E-state index contributed by atoms with van der Waals surface area (Å²) in [6.07, 6.45) is -0.956. The quantitative estimate of drug-likeness (QED) is 0.449. The molecule has 0 radical (unpaired) electrons. The summed E-state index contributed by atoms with van der Waals surface area (Å²) in [5.41, 5.74) is 0.650. The molecule has 1 aromatic carbocycles. The molecule has 2 aromatic rings. The fraction of sp³-hybridized carbons (Fsp3) is 0.0625. The third-order valence-corrected chi connectivity index (χ3v) is 3.04. The molecule has 0 saturated heterocycles. The fourth-order valence-electron chi connectivity index (χ4n) is 1.88. The van der Waals surface area contributed by atoms with Crippen LogP contribution in [-0.2, 0) is 11.0 Å². The molecule has 25 heavy (non-hydrogen) atoms. The summed E-state index contributed by atoms with van der Waals surface area (Å²) < 4.78 is 38.2. The van der Waals surface area contributed by atoms with Gasteiger partial charge in [0.05, 0.1) is 16.9 Å². The highest BCUT2D eigenvalue weighted by atomic mass is 19.4. The lowest BCUT2D eigenvalue weighted by molar-refractivity contribution is -0.137. The smallest absolute Gasteiger partial charge is 0.320 e. The number of hydroxylamine groups is 1. The van der Waals surface area contributed by atoms with E-state index in [-0.39, 0.29) is 16.9 Å². The minimum Gasteiger partial charge on any atom is -0.320 e. The van der Waals surface area contributed by atoms with E-state index in [1.54, 1.807) is 0 Å². The molecule has 0 aliphatic rings. The molecule has 0 fully saturated rings. The van der Waals surface area contributed by atoms with E-state index < -0.39 is 23.6 Å². The van der Waals surface area contributed by atoms with Gasteiger partial charge in [-0.1, -0.05) is 6.07 Å². The van der Waals surface area contributed by atoms with Crippen LogP contribution in [0.15, 0.2) is 48.7 Å². The molecule has 2 rings (SSSR count). The van der Waals surface area contributed by atoms with Gasteiger partial charge in [0, 0.05) is 17.8 Å². The van der Waals surface area contributed by atoms with Gasteiger partial charge in [-0.15, -0.1) is 0 Å². The Labute approximate surface area is 140 Å². The van der Waals surface area contributed by atoms with Crippen LogP contribution in [-0.4, -0.2) is 22.0 Å². The first-order valence-corrected chi connectivity index (χ1v) is 6.87. The Morgan fingerprint density at radius 1 is 1.16 bits per heavy atom. The Morgan fingerprint density at radius 3 is 2.60 bits per heavy atom. The number of carbonyl (C=O) groups excluding carboxylic acids is 2. The Morgan fingerprint density at radius 2 is 1.92 bits per heavy atom. The van der Waals surface area contributed by atoms with E-state index in [0.29, 0.717) is 0 Å². The molecule has 0 aliphatic heterocycles. The number of amides is 2. The number of nitrogens with one attached hydrogen (secondary N) is 2. The van der Waals surface area contributed by atoms with Crippen molar-refractivity contribution in [3.8, 4) is 0 Å². The highest BCUT2D eigenvalue weighted by Crippen LogP contribution is 2.29. The van der Waals surface area contributed by atoms with Gasteiger partial charge in [-0.25, -0.2) is 5.48 Å². The number of hydrogen-bond acceptors (Lipinski definition) is 4. The minimum atomic E-state index is -4.56. The van der Waals surface area contributed by atoms with Crippen LogP contribution in [0.1, 0.15) is 21.6 Å². The molecule has 130 valence electrons. The zero-order valence-electron chi connectivity index (χ0n) is 12.5. The molecular formula is C16H12F3N3O3. The zero-order valence-corrected chi connectivity index (χ0v) is 12.5. The summed E-state index contributed by atoms with van der Waals surface area (Å²) in [4.78, 5) is 27.1. The van der Waals surface area contributed by atoms with Crippen molar-refractivity contribution in [2.75, 3.05) is 5.32 Å². The van der Waals surface area contributed by atoms with Crippen LogP contribution < -0.4 is 10.8 Å². The highest BCUT2D eigenvalue weighted by molar-refractivity contribution is 6.05. The molecule has 1 heterocycles. The Hall–Kier alpha value is -3.20. The second kappa shape index (κ2) is 7.58. The van der Waals surface area contributed by atoms with Gasteiger partial charge in [-0.2, -0.15) is 13.2 Å².